The molecule has 0 amide bonds. The Labute approximate surface area is 124 Å². The fourth-order valence-electron chi connectivity index (χ4n) is 2.35. The molecule has 0 aliphatic heterocycles. The van der Waals surface area contributed by atoms with E-state index in [2.05, 4.69) is 9.71 Å². The highest BCUT2D eigenvalue weighted by molar-refractivity contribution is 7.89. The van der Waals surface area contributed by atoms with Crippen molar-refractivity contribution in [3.8, 4) is 0 Å². The second-order valence-corrected chi connectivity index (χ2v) is 6.75. The van der Waals surface area contributed by atoms with Crippen LogP contribution in [0.3, 0.4) is 0 Å². The summed E-state index contributed by atoms with van der Waals surface area (Å²) in [6.07, 6.45) is 1.31. The van der Waals surface area contributed by atoms with Gasteiger partial charge in [-0.25, -0.2) is 18.1 Å². The molecule has 6 heteroatoms. The van der Waals surface area contributed by atoms with Crippen LogP contribution in [0.2, 0.25) is 0 Å². The molecule has 4 nitrogen and oxygen atoms in total. The molecule has 0 saturated heterocycles. The molecule has 0 unspecified atom stereocenters. The minimum atomic E-state index is -3.62. The molecule has 0 spiro atoms. The lowest BCUT2D eigenvalue weighted by Crippen LogP contribution is -2.25. The SMILES string of the molecule is Cc1cc(C)c(S(=O)(=O)NCc2ccc(F)nc2)c(C)c1. The number of nitrogens with one attached hydrogen (secondary N) is 1. The van der Waals surface area contributed by atoms with Crippen molar-refractivity contribution in [2.45, 2.75) is 32.2 Å². The lowest BCUT2D eigenvalue weighted by molar-refractivity contribution is 0.576. The fraction of sp³-hybridized carbons (Fsp3) is 0.267. The normalized spacial score (nSPS) is 11.6. The van der Waals surface area contributed by atoms with Crippen LogP contribution in [0, 0.1) is 26.7 Å². The van der Waals surface area contributed by atoms with Gasteiger partial charge in [-0.3, -0.25) is 0 Å². The first-order chi connectivity index (χ1) is 9.79. The van der Waals surface area contributed by atoms with E-state index in [1.54, 1.807) is 13.8 Å². The number of halogens is 1. The molecule has 0 radical (unpaired) electrons. The van der Waals surface area contributed by atoms with Crippen molar-refractivity contribution in [1.29, 1.82) is 0 Å². The molecule has 2 rings (SSSR count). The zero-order valence-electron chi connectivity index (χ0n) is 12.1. The number of hydrogen-bond donors (Lipinski definition) is 1. The van der Waals surface area contributed by atoms with Crippen molar-refractivity contribution in [3.05, 3.63) is 58.7 Å². The average Bonchev–Trinajstić information content (AvgIpc) is 2.36. The van der Waals surface area contributed by atoms with E-state index in [4.69, 9.17) is 0 Å². The summed E-state index contributed by atoms with van der Waals surface area (Å²) in [6, 6.07) is 6.37. The van der Waals surface area contributed by atoms with Gasteiger partial charge in [0.05, 0.1) is 4.90 Å². The van der Waals surface area contributed by atoms with E-state index in [-0.39, 0.29) is 6.54 Å². The topological polar surface area (TPSA) is 59.1 Å². The van der Waals surface area contributed by atoms with Gasteiger partial charge >= 0.3 is 0 Å². The molecule has 0 atom stereocenters. The number of aryl methyl sites for hydroxylation is 3. The first-order valence-corrected chi connectivity index (χ1v) is 7.96. The molecule has 1 aromatic heterocycles. The van der Waals surface area contributed by atoms with Crippen LogP contribution in [-0.2, 0) is 16.6 Å². The third kappa shape index (κ3) is 3.65. The van der Waals surface area contributed by atoms with Gasteiger partial charge in [-0.2, -0.15) is 4.39 Å². The van der Waals surface area contributed by atoms with E-state index < -0.39 is 16.0 Å². The molecule has 112 valence electrons. The van der Waals surface area contributed by atoms with Crippen molar-refractivity contribution in [2.75, 3.05) is 0 Å². The van der Waals surface area contributed by atoms with Gasteiger partial charge in [0.2, 0.25) is 16.0 Å². The van der Waals surface area contributed by atoms with Crippen LogP contribution in [0.4, 0.5) is 4.39 Å². The maximum Gasteiger partial charge on any atom is 0.241 e. The molecule has 0 bridgehead atoms. The Balaban J connectivity index is 2.25. The third-order valence-corrected chi connectivity index (χ3v) is 4.83. The summed E-state index contributed by atoms with van der Waals surface area (Å²) in [6.45, 7) is 5.54. The highest BCUT2D eigenvalue weighted by atomic mass is 32.2. The van der Waals surface area contributed by atoms with Crippen LogP contribution >= 0.6 is 0 Å². The number of pyridine rings is 1. The summed E-state index contributed by atoms with van der Waals surface area (Å²) < 4.78 is 40.1. The Morgan fingerprint density at radius 1 is 1.14 bits per heavy atom. The molecular weight excluding hydrogens is 291 g/mol. The van der Waals surface area contributed by atoms with Gasteiger partial charge in [-0.15, -0.1) is 0 Å². The quantitative estimate of drug-likeness (QED) is 0.883. The van der Waals surface area contributed by atoms with Gasteiger partial charge in [0.25, 0.3) is 0 Å². The molecule has 1 heterocycles. The molecule has 21 heavy (non-hydrogen) atoms. The maximum atomic E-state index is 12.7. The monoisotopic (exact) mass is 308 g/mol. The van der Waals surface area contributed by atoms with Crippen LogP contribution in [0.1, 0.15) is 22.3 Å². The van der Waals surface area contributed by atoms with Crippen LogP contribution in [-0.4, -0.2) is 13.4 Å². The number of rotatable bonds is 4. The molecule has 2 aromatic rings. The van der Waals surface area contributed by atoms with Gasteiger partial charge in [0.1, 0.15) is 0 Å². The van der Waals surface area contributed by atoms with Crippen molar-refractivity contribution >= 4 is 10.0 Å². The first-order valence-electron chi connectivity index (χ1n) is 6.47. The molecule has 0 aliphatic carbocycles. The number of sulfonamides is 1. The van der Waals surface area contributed by atoms with Crippen molar-refractivity contribution in [2.24, 2.45) is 0 Å². The maximum absolute atomic E-state index is 12.7. The van der Waals surface area contributed by atoms with E-state index >= 15 is 0 Å². The minimum absolute atomic E-state index is 0.0718. The minimum Gasteiger partial charge on any atom is -0.228 e. The van der Waals surface area contributed by atoms with Crippen LogP contribution in [0.5, 0.6) is 0 Å². The summed E-state index contributed by atoms with van der Waals surface area (Å²) >= 11 is 0. The molecular formula is C15H17FN2O2S. The second-order valence-electron chi connectivity index (χ2n) is 5.04. The summed E-state index contributed by atoms with van der Waals surface area (Å²) in [5.41, 5.74) is 3.03. The second kappa shape index (κ2) is 5.91. The van der Waals surface area contributed by atoms with Crippen molar-refractivity contribution in [3.63, 3.8) is 0 Å². The van der Waals surface area contributed by atoms with E-state index in [1.807, 2.05) is 19.1 Å². The summed E-state index contributed by atoms with van der Waals surface area (Å²) in [5.74, 6) is -0.591. The Morgan fingerprint density at radius 3 is 2.29 bits per heavy atom. The highest BCUT2D eigenvalue weighted by Crippen LogP contribution is 2.21. The zero-order valence-corrected chi connectivity index (χ0v) is 13.0. The van der Waals surface area contributed by atoms with E-state index in [0.717, 1.165) is 5.56 Å². The Hall–Kier alpha value is -1.79. The fourth-order valence-corrected chi connectivity index (χ4v) is 3.82. The number of aromatic nitrogens is 1. The molecule has 0 saturated carbocycles. The third-order valence-electron chi connectivity index (χ3n) is 3.13. The van der Waals surface area contributed by atoms with Gasteiger partial charge in [-0.1, -0.05) is 23.8 Å². The smallest absolute Gasteiger partial charge is 0.228 e. The Morgan fingerprint density at radius 2 is 1.76 bits per heavy atom. The molecule has 0 fully saturated rings. The summed E-state index contributed by atoms with van der Waals surface area (Å²) in [4.78, 5) is 3.79. The number of benzene rings is 1. The van der Waals surface area contributed by atoms with Crippen molar-refractivity contribution < 1.29 is 12.8 Å². The predicted molar refractivity (Wildman–Crippen MR) is 78.9 cm³/mol. The Bertz CT molecular complexity index is 733. The van der Waals surface area contributed by atoms with Gasteiger partial charge in [0.15, 0.2) is 0 Å². The van der Waals surface area contributed by atoms with E-state index in [9.17, 15) is 12.8 Å². The first kappa shape index (κ1) is 15.6. The van der Waals surface area contributed by atoms with E-state index in [1.165, 1.54) is 18.3 Å². The average molecular weight is 308 g/mol. The molecule has 0 aliphatic rings. The standard InChI is InChI=1S/C15H17FN2O2S/c1-10-6-11(2)15(12(3)7-10)21(19,20)18-9-13-4-5-14(16)17-8-13/h4-8,18H,9H2,1-3H3. The molecule has 1 aromatic carbocycles. The number of hydrogen-bond acceptors (Lipinski definition) is 3. The summed E-state index contributed by atoms with van der Waals surface area (Å²) in [7, 11) is -3.62. The summed E-state index contributed by atoms with van der Waals surface area (Å²) in [5, 5.41) is 0. The van der Waals surface area contributed by atoms with Gasteiger partial charge in [-0.05, 0) is 43.5 Å². The van der Waals surface area contributed by atoms with Crippen molar-refractivity contribution in [1.82, 2.24) is 9.71 Å². The molecule has 1 N–H and O–H groups in total. The van der Waals surface area contributed by atoms with Crippen LogP contribution in [0.25, 0.3) is 0 Å². The predicted octanol–water partition coefficient (Wildman–Crippen LogP) is 2.62. The van der Waals surface area contributed by atoms with Crippen LogP contribution in [0.15, 0.2) is 35.4 Å². The van der Waals surface area contributed by atoms with E-state index in [0.29, 0.717) is 21.6 Å². The highest BCUT2D eigenvalue weighted by Gasteiger charge is 2.19. The lowest BCUT2D eigenvalue weighted by Gasteiger charge is -2.13. The zero-order chi connectivity index (χ0) is 15.6. The van der Waals surface area contributed by atoms with Gasteiger partial charge < -0.3 is 0 Å². The van der Waals surface area contributed by atoms with Crippen LogP contribution < -0.4 is 4.72 Å². The number of nitrogens with zero attached hydrogens (tertiary/aromatic N) is 1. The lowest BCUT2D eigenvalue weighted by atomic mass is 10.1. The van der Waals surface area contributed by atoms with Gasteiger partial charge in [0, 0.05) is 12.7 Å². The largest absolute Gasteiger partial charge is 0.241 e. The Kier molecular flexibility index (Phi) is 4.39.